The molecule has 88 valence electrons. The third kappa shape index (κ3) is 5.11. The van der Waals surface area contributed by atoms with Gasteiger partial charge in [-0.05, 0) is 6.42 Å². The Labute approximate surface area is 90.6 Å². The van der Waals surface area contributed by atoms with Crippen molar-refractivity contribution in [3.05, 3.63) is 0 Å². The number of carboxylic acid groups (broad SMARTS) is 1. The molecule has 5 nitrogen and oxygen atoms in total. The SMILES string of the molecule is COCCCN1CCN(CC(=O)O)CC1. The first-order valence-electron chi connectivity index (χ1n) is 5.38. The van der Waals surface area contributed by atoms with Crippen LogP contribution in [0.3, 0.4) is 0 Å². The number of nitrogens with zero attached hydrogens (tertiary/aromatic N) is 2. The molecule has 0 radical (unpaired) electrons. The Kier molecular flexibility index (Phi) is 5.60. The topological polar surface area (TPSA) is 53.0 Å². The van der Waals surface area contributed by atoms with Gasteiger partial charge in [0, 0.05) is 46.4 Å². The number of carbonyl (C=O) groups is 1. The second kappa shape index (κ2) is 6.76. The van der Waals surface area contributed by atoms with Crippen LogP contribution in [0.25, 0.3) is 0 Å². The van der Waals surface area contributed by atoms with Crippen LogP contribution >= 0.6 is 0 Å². The Morgan fingerprint density at radius 3 is 2.40 bits per heavy atom. The lowest BCUT2D eigenvalue weighted by atomic mass is 10.3. The zero-order valence-electron chi connectivity index (χ0n) is 9.31. The molecule has 1 heterocycles. The summed E-state index contributed by atoms with van der Waals surface area (Å²) in [6.45, 7) is 5.68. The molecule has 1 saturated heterocycles. The van der Waals surface area contributed by atoms with E-state index < -0.39 is 5.97 Å². The molecule has 1 N–H and O–H groups in total. The lowest BCUT2D eigenvalue weighted by Crippen LogP contribution is -2.48. The molecular formula is C10H20N2O3. The molecule has 0 spiro atoms. The zero-order chi connectivity index (χ0) is 11.1. The summed E-state index contributed by atoms with van der Waals surface area (Å²) in [6, 6.07) is 0. The van der Waals surface area contributed by atoms with E-state index in [2.05, 4.69) is 4.90 Å². The number of ether oxygens (including phenoxy) is 1. The summed E-state index contributed by atoms with van der Waals surface area (Å²) in [4.78, 5) is 14.8. The van der Waals surface area contributed by atoms with E-state index in [-0.39, 0.29) is 6.54 Å². The third-order valence-corrected chi connectivity index (χ3v) is 2.65. The predicted octanol–water partition coefficient (Wildman–Crippen LogP) is -0.275. The highest BCUT2D eigenvalue weighted by Crippen LogP contribution is 2.02. The van der Waals surface area contributed by atoms with E-state index in [1.165, 1.54) is 0 Å². The van der Waals surface area contributed by atoms with Gasteiger partial charge in [0.25, 0.3) is 0 Å². The van der Waals surface area contributed by atoms with E-state index in [0.29, 0.717) is 0 Å². The van der Waals surface area contributed by atoms with E-state index in [1.54, 1.807) is 7.11 Å². The molecule has 0 aromatic rings. The van der Waals surface area contributed by atoms with Gasteiger partial charge in [-0.15, -0.1) is 0 Å². The molecule has 1 aliphatic heterocycles. The number of hydrogen-bond donors (Lipinski definition) is 1. The van der Waals surface area contributed by atoms with Crippen LogP contribution in [0, 0.1) is 0 Å². The third-order valence-electron chi connectivity index (χ3n) is 2.65. The first-order valence-corrected chi connectivity index (χ1v) is 5.38. The van der Waals surface area contributed by atoms with Crippen molar-refractivity contribution in [2.24, 2.45) is 0 Å². The lowest BCUT2D eigenvalue weighted by Gasteiger charge is -2.33. The quantitative estimate of drug-likeness (QED) is 0.619. The van der Waals surface area contributed by atoms with Crippen LogP contribution in [0.5, 0.6) is 0 Å². The lowest BCUT2D eigenvalue weighted by molar-refractivity contribution is -0.138. The van der Waals surface area contributed by atoms with E-state index in [4.69, 9.17) is 9.84 Å². The van der Waals surface area contributed by atoms with Crippen LogP contribution in [0.2, 0.25) is 0 Å². The molecule has 1 rings (SSSR count). The fraction of sp³-hybridized carbons (Fsp3) is 0.900. The van der Waals surface area contributed by atoms with Gasteiger partial charge in [0.1, 0.15) is 0 Å². The van der Waals surface area contributed by atoms with Crippen LogP contribution < -0.4 is 0 Å². The molecule has 1 aliphatic rings. The molecule has 0 aliphatic carbocycles. The van der Waals surface area contributed by atoms with Gasteiger partial charge < -0.3 is 14.7 Å². The Balaban J connectivity index is 2.10. The van der Waals surface area contributed by atoms with E-state index in [1.807, 2.05) is 4.90 Å². The second-order valence-electron chi connectivity index (χ2n) is 3.86. The van der Waals surface area contributed by atoms with Crippen molar-refractivity contribution < 1.29 is 14.6 Å². The van der Waals surface area contributed by atoms with Gasteiger partial charge in [-0.2, -0.15) is 0 Å². The van der Waals surface area contributed by atoms with Gasteiger partial charge in [-0.1, -0.05) is 0 Å². The highest BCUT2D eigenvalue weighted by atomic mass is 16.5. The minimum absolute atomic E-state index is 0.173. The molecule has 0 aromatic heterocycles. The molecule has 15 heavy (non-hydrogen) atoms. The molecule has 0 amide bonds. The maximum atomic E-state index is 10.5. The summed E-state index contributed by atoms with van der Waals surface area (Å²) in [5.41, 5.74) is 0. The average molecular weight is 216 g/mol. The first kappa shape index (κ1) is 12.4. The van der Waals surface area contributed by atoms with Crippen LogP contribution in [0.4, 0.5) is 0 Å². The summed E-state index contributed by atoms with van der Waals surface area (Å²) in [5.74, 6) is -0.733. The molecular weight excluding hydrogens is 196 g/mol. The molecule has 0 bridgehead atoms. The van der Waals surface area contributed by atoms with Crippen molar-refractivity contribution in [2.45, 2.75) is 6.42 Å². The maximum absolute atomic E-state index is 10.5. The Morgan fingerprint density at radius 1 is 1.27 bits per heavy atom. The smallest absolute Gasteiger partial charge is 0.317 e. The van der Waals surface area contributed by atoms with Crippen molar-refractivity contribution in [2.75, 3.05) is 53.0 Å². The van der Waals surface area contributed by atoms with Gasteiger partial charge in [-0.3, -0.25) is 9.69 Å². The summed E-state index contributed by atoms with van der Waals surface area (Å²) < 4.78 is 4.99. The largest absolute Gasteiger partial charge is 0.480 e. The Bertz CT molecular complexity index is 191. The second-order valence-corrected chi connectivity index (χ2v) is 3.86. The summed E-state index contributed by atoms with van der Waals surface area (Å²) in [7, 11) is 1.71. The first-order chi connectivity index (χ1) is 7.22. The van der Waals surface area contributed by atoms with Crippen molar-refractivity contribution in [1.82, 2.24) is 9.80 Å². The highest BCUT2D eigenvalue weighted by Gasteiger charge is 2.17. The maximum Gasteiger partial charge on any atom is 0.317 e. The van der Waals surface area contributed by atoms with Crippen molar-refractivity contribution in [1.29, 1.82) is 0 Å². The average Bonchev–Trinajstić information content (AvgIpc) is 2.20. The molecule has 1 fully saturated rings. The monoisotopic (exact) mass is 216 g/mol. The van der Waals surface area contributed by atoms with E-state index in [0.717, 1.165) is 45.8 Å². The zero-order valence-corrected chi connectivity index (χ0v) is 9.31. The minimum Gasteiger partial charge on any atom is -0.480 e. The van der Waals surface area contributed by atoms with Gasteiger partial charge in [0.05, 0.1) is 6.54 Å². The number of methoxy groups -OCH3 is 1. The molecule has 0 atom stereocenters. The van der Waals surface area contributed by atoms with Crippen LogP contribution in [-0.2, 0) is 9.53 Å². The molecule has 0 saturated carbocycles. The Morgan fingerprint density at radius 2 is 1.87 bits per heavy atom. The highest BCUT2D eigenvalue weighted by molar-refractivity contribution is 5.69. The fourth-order valence-electron chi connectivity index (χ4n) is 1.79. The molecule has 5 heteroatoms. The van der Waals surface area contributed by atoms with Gasteiger partial charge in [0.15, 0.2) is 0 Å². The van der Waals surface area contributed by atoms with Crippen LogP contribution in [0.1, 0.15) is 6.42 Å². The fourth-order valence-corrected chi connectivity index (χ4v) is 1.79. The Hall–Kier alpha value is -0.650. The normalized spacial score (nSPS) is 19.3. The molecule has 0 aromatic carbocycles. The van der Waals surface area contributed by atoms with Gasteiger partial charge in [0.2, 0.25) is 0 Å². The van der Waals surface area contributed by atoms with Crippen molar-refractivity contribution in [3.8, 4) is 0 Å². The van der Waals surface area contributed by atoms with Gasteiger partial charge in [-0.25, -0.2) is 0 Å². The number of piperazine rings is 1. The number of aliphatic carboxylic acids is 1. The predicted molar refractivity (Wildman–Crippen MR) is 57.0 cm³/mol. The minimum atomic E-state index is -0.733. The molecule has 0 unspecified atom stereocenters. The number of carboxylic acids is 1. The van der Waals surface area contributed by atoms with Crippen LogP contribution in [-0.4, -0.2) is 73.9 Å². The van der Waals surface area contributed by atoms with Crippen molar-refractivity contribution in [3.63, 3.8) is 0 Å². The standard InChI is InChI=1S/C10H20N2O3/c1-15-8-2-3-11-4-6-12(7-5-11)9-10(13)14/h2-9H2,1H3,(H,13,14). The van der Waals surface area contributed by atoms with Gasteiger partial charge >= 0.3 is 5.97 Å². The summed E-state index contributed by atoms with van der Waals surface area (Å²) in [6.07, 6.45) is 1.05. The van der Waals surface area contributed by atoms with E-state index >= 15 is 0 Å². The number of rotatable bonds is 6. The summed E-state index contributed by atoms with van der Waals surface area (Å²) in [5, 5.41) is 8.63. The van der Waals surface area contributed by atoms with Crippen LogP contribution in [0.15, 0.2) is 0 Å². The number of hydrogen-bond acceptors (Lipinski definition) is 4. The van der Waals surface area contributed by atoms with E-state index in [9.17, 15) is 4.79 Å². The van der Waals surface area contributed by atoms with Crippen molar-refractivity contribution >= 4 is 5.97 Å². The summed E-state index contributed by atoms with van der Waals surface area (Å²) >= 11 is 0.